The molecule has 0 N–H and O–H groups in total. The molecule has 1 amide bonds. The highest BCUT2D eigenvalue weighted by atomic mass is 35.5. The number of amides is 1. The third kappa shape index (κ3) is 6.01. The Morgan fingerprint density at radius 2 is 1.85 bits per heavy atom. The second kappa shape index (κ2) is 9.99. The molecule has 1 atom stereocenters. The van der Waals surface area contributed by atoms with Crippen molar-refractivity contribution < 1.29 is 9.53 Å². The Morgan fingerprint density at radius 1 is 1.22 bits per heavy atom. The summed E-state index contributed by atoms with van der Waals surface area (Å²) in [6.07, 6.45) is 1.10. The number of hydrogen-bond donors (Lipinski definition) is 0. The molecular formula is C22H25ClN2O2. The van der Waals surface area contributed by atoms with Gasteiger partial charge in [-0.1, -0.05) is 41.9 Å². The van der Waals surface area contributed by atoms with Gasteiger partial charge in [-0.15, -0.1) is 0 Å². The molecule has 0 saturated carbocycles. The minimum Gasteiger partial charge on any atom is -0.494 e. The van der Waals surface area contributed by atoms with Gasteiger partial charge in [-0.25, -0.2) is 0 Å². The summed E-state index contributed by atoms with van der Waals surface area (Å²) in [7, 11) is 1.73. The van der Waals surface area contributed by atoms with Gasteiger partial charge in [-0.2, -0.15) is 5.26 Å². The van der Waals surface area contributed by atoms with Gasteiger partial charge in [0.05, 0.1) is 12.7 Å². The zero-order valence-electron chi connectivity index (χ0n) is 16.0. The number of ether oxygens (including phenoxy) is 1. The van der Waals surface area contributed by atoms with Crippen LogP contribution in [0.3, 0.4) is 0 Å². The minimum atomic E-state index is -0.656. The Bertz CT molecular complexity index is 792. The van der Waals surface area contributed by atoms with Gasteiger partial charge in [0.1, 0.15) is 11.7 Å². The Kier molecular flexibility index (Phi) is 7.69. The smallest absolute Gasteiger partial charge is 0.239 e. The van der Waals surface area contributed by atoms with Crippen LogP contribution in [0.1, 0.15) is 29.5 Å². The Morgan fingerprint density at radius 3 is 2.44 bits per heavy atom. The van der Waals surface area contributed by atoms with Gasteiger partial charge in [0, 0.05) is 18.6 Å². The van der Waals surface area contributed by atoms with Crippen molar-refractivity contribution in [3.05, 3.63) is 64.2 Å². The van der Waals surface area contributed by atoms with Crippen molar-refractivity contribution in [2.75, 3.05) is 13.7 Å². The van der Waals surface area contributed by atoms with Gasteiger partial charge < -0.3 is 9.64 Å². The number of aryl methyl sites for hydroxylation is 2. The second-order valence-electron chi connectivity index (χ2n) is 6.72. The first-order valence-electron chi connectivity index (χ1n) is 9.00. The van der Waals surface area contributed by atoms with E-state index in [0.29, 0.717) is 26.0 Å². The standard InChI is InChI=1S/C22H25ClN2O2/c1-16-12-20(13-17(2)21(16)23)27-11-7-10-19(14-24)22(26)25(3)15-18-8-5-4-6-9-18/h4-6,8-9,12-13,19H,7,10-11,15H2,1-3H3. The topological polar surface area (TPSA) is 53.3 Å². The number of nitriles is 1. The SMILES string of the molecule is Cc1cc(OCCCC(C#N)C(=O)N(C)Cc2ccccc2)cc(C)c1Cl. The van der Waals surface area contributed by atoms with Crippen LogP contribution in [0.15, 0.2) is 42.5 Å². The summed E-state index contributed by atoms with van der Waals surface area (Å²) in [5.41, 5.74) is 2.99. The Labute approximate surface area is 166 Å². The molecule has 0 aliphatic heterocycles. The highest BCUT2D eigenvalue weighted by Gasteiger charge is 2.21. The van der Waals surface area contributed by atoms with E-state index in [-0.39, 0.29) is 5.91 Å². The molecule has 2 rings (SSSR count). The summed E-state index contributed by atoms with van der Waals surface area (Å²) in [5, 5.41) is 10.1. The number of hydrogen-bond acceptors (Lipinski definition) is 3. The van der Waals surface area contributed by atoms with Gasteiger partial charge in [-0.05, 0) is 55.5 Å². The molecule has 0 heterocycles. The third-order valence-corrected chi connectivity index (χ3v) is 5.00. The first kappa shape index (κ1) is 20.8. The number of rotatable bonds is 8. The molecule has 142 valence electrons. The van der Waals surface area contributed by atoms with Crippen LogP contribution in [0.5, 0.6) is 5.75 Å². The zero-order chi connectivity index (χ0) is 19.8. The average Bonchev–Trinajstić information content (AvgIpc) is 2.66. The molecule has 4 nitrogen and oxygen atoms in total. The molecule has 0 saturated heterocycles. The van der Waals surface area contributed by atoms with E-state index in [1.54, 1.807) is 11.9 Å². The van der Waals surface area contributed by atoms with Crippen molar-refractivity contribution in [2.45, 2.75) is 33.2 Å². The van der Waals surface area contributed by atoms with Crippen molar-refractivity contribution in [3.63, 3.8) is 0 Å². The van der Waals surface area contributed by atoms with Gasteiger partial charge >= 0.3 is 0 Å². The van der Waals surface area contributed by atoms with Crippen LogP contribution in [-0.2, 0) is 11.3 Å². The van der Waals surface area contributed by atoms with E-state index in [0.717, 1.165) is 27.5 Å². The van der Waals surface area contributed by atoms with Gasteiger partial charge in [-0.3, -0.25) is 4.79 Å². The van der Waals surface area contributed by atoms with Crippen molar-refractivity contribution in [1.82, 2.24) is 4.90 Å². The van der Waals surface area contributed by atoms with E-state index < -0.39 is 5.92 Å². The first-order valence-corrected chi connectivity index (χ1v) is 9.38. The fourth-order valence-corrected chi connectivity index (χ4v) is 3.02. The molecule has 5 heteroatoms. The summed E-state index contributed by atoms with van der Waals surface area (Å²) >= 11 is 6.16. The molecular weight excluding hydrogens is 360 g/mol. The molecule has 2 aromatic rings. The van der Waals surface area contributed by atoms with E-state index in [1.807, 2.05) is 56.3 Å². The molecule has 0 bridgehead atoms. The number of benzene rings is 2. The van der Waals surface area contributed by atoms with Crippen molar-refractivity contribution >= 4 is 17.5 Å². The van der Waals surface area contributed by atoms with Crippen molar-refractivity contribution in [3.8, 4) is 11.8 Å². The van der Waals surface area contributed by atoms with E-state index in [4.69, 9.17) is 16.3 Å². The molecule has 27 heavy (non-hydrogen) atoms. The maximum absolute atomic E-state index is 12.5. The van der Waals surface area contributed by atoms with Crippen LogP contribution in [-0.4, -0.2) is 24.5 Å². The fourth-order valence-electron chi connectivity index (χ4n) is 2.91. The lowest BCUT2D eigenvalue weighted by atomic mass is 10.0. The molecule has 1 unspecified atom stereocenters. The highest BCUT2D eigenvalue weighted by molar-refractivity contribution is 6.32. The van der Waals surface area contributed by atoms with E-state index in [1.165, 1.54) is 0 Å². The molecule has 0 fully saturated rings. The van der Waals surface area contributed by atoms with Crippen LogP contribution in [0, 0.1) is 31.1 Å². The van der Waals surface area contributed by atoms with Crippen LogP contribution in [0.2, 0.25) is 5.02 Å². The van der Waals surface area contributed by atoms with E-state index in [9.17, 15) is 10.1 Å². The molecule has 0 aliphatic carbocycles. The monoisotopic (exact) mass is 384 g/mol. The largest absolute Gasteiger partial charge is 0.494 e. The van der Waals surface area contributed by atoms with E-state index >= 15 is 0 Å². The predicted octanol–water partition coefficient (Wildman–Crippen LogP) is 4.91. The van der Waals surface area contributed by atoms with E-state index in [2.05, 4.69) is 6.07 Å². The third-order valence-electron chi connectivity index (χ3n) is 4.41. The maximum atomic E-state index is 12.5. The summed E-state index contributed by atoms with van der Waals surface area (Å²) in [6, 6.07) is 15.7. The van der Waals surface area contributed by atoms with Crippen LogP contribution in [0.25, 0.3) is 0 Å². The van der Waals surface area contributed by atoms with Gasteiger partial charge in [0.25, 0.3) is 0 Å². The number of carbonyl (C=O) groups excluding carboxylic acids is 1. The summed E-state index contributed by atoms with van der Waals surface area (Å²) < 4.78 is 5.76. The number of halogens is 1. The van der Waals surface area contributed by atoms with Crippen LogP contribution in [0.4, 0.5) is 0 Å². The molecule has 2 aromatic carbocycles. The molecule has 0 radical (unpaired) electrons. The van der Waals surface area contributed by atoms with Crippen molar-refractivity contribution in [2.24, 2.45) is 5.92 Å². The lowest BCUT2D eigenvalue weighted by molar-refractivity contribution is -0.133. The Balaban J connectivity index is 1.82. The minimum absolute atomic E-state index is 0.153. The van der Waals surface area contributed by atoms with Gasteiger partial charge in [0.15, 0.2) is 0 Å². The number of carbonyl (C=O) groups is 1. The zero-order valence-corrected chi connectivity index (χ0v) is 16.8. The summed E-state index contributed by atoms with van der Waals surface area (Å²) in [5.74, 6) is -0.0500. The average molecular weight is 385 g/mol. The Hall–Kier alpha value is -2.51. The highest BCUT2D eigenvalue weighted by Crippen LogP contribution is 2.26. The molecule has 0 spiro atoms. The quantitative estimate of drug-likeness (QED) is 0.607. The second-order valence-corrected chi connectivity index (χ2v) is 7.10. The van der Waals surface area contributed by atoms with Crippen LogP contribution >= 0.6 is 11.6 Å². The van der Waals surface area contributed by atoms with Crippen molar-refractivity contribution in [1.29, 1.82) is 5.26 Å². The lowest BCUT2D eigenvalue weighted by Gasteiger charge is -2.20. The first-order chi connectivity index (χ1) is 12.9. The fraction of sp³-hybridized carbons (Fsp3) is 0.364. The summed E-state index contributed by atoms with van der Waals surface area (Å²) in [4.78, 5) is 14.1. The predicted molar refractivity (Wildman–Crippen MR) is 108 cm³/mol. The molecule has 0 aliphatic rings. The number of nitrogens with zero attached hydrogens (tertiary/aromatic N) is 2. The maximum Gasteiger partial charge on any atom is 0.239 e. The molecule has 0 aromatic heterocycles. The lowest BCUT2D eigenvalue weighted by Crippen LogP contribution is -2.32. The van der Waals surface area contributed by atoms with Crippen LogP contribution < -0.4 is 4.74 Å². The summed E-state index contributed by atoms with van der Waals surface area (Å²) in [6.45, 7) is 4.83. The normalized spacial score (nSPS) is 11.5. The van der Waals surface area contributed by atoms with Gasteiger partial charge in [0.2, 0.25) is 5.91 Å².